The molecule has 0 saturated carbocycles. The molecule has 0 bridgehead atoms. The number of carbonyl (C=O) groups is 2. The summed E-state index contributed by atoms with van der Waals surface area (Å²) in [6, 6.07) is 7.62. The minimum absolute atomic E-state index is 0.0178. The summed E-state index contributed by atoms with van der Waals surface area (Å²) < 4.78 is 44.0. The zero-order valence-corrected chi connectivity index (χ0v) is 17.7. The van der Waals surface area contributed by atoms with Crippen molar-refractivity contribution in [1.82, 2.24) is 10.3 Å². The lowest BCUT2D eigenvalue weighted by Crippen LogP contribution is -2.41. The molecule has 4 rings (SSSR count). The summed E-state index contributed by atoms with van der Waals surface area (Å²) >= 11 is 5.62. The highest BCUT2D eigenvalue weighted by molar-refractivity contribution is 6.31. The number of hydrogen-bond donors (Lipinski definition) is 3. The molecule has 1 aliphatic rings. The Morgan fingerprint density at radius 3 is 2.72 bits per heavy atom. The van der Waals surface area contributed by atoms with Gasteiger partial charge in [0, 0.05) is 28.3 Å². The minimum atomic E-state index is -4.63. The largest absolute Gasteiger partial charge is 0.465 e. The lowest BCUT2D eigenvalue weighted by atomic mass is 9.90. The first-order valence-electron chi connectivity index (χ1n) is 9.82. The van der Waals surface area contributed by atoms with Crippen molar-refractivity contribution in [3.05, 3.63) is 63.8 Å². The number of hydrogen-bond acceptors (Lipinski definition) is 3. The van der Waals surface area contributed by atoms with E-state index in [0.29, 0.717) is 24.8 Å². The number of aryl methyl sites for hydroxylation is 1. The molecule has 1 atom stereocenters. The van der Waals surface area contributed by atoms with Gasteiger partial charge in [-0.05, 0) is 55.2 Å². The van der Waals surface area contributed by atoms with E-state index in [-0.39, 0.29) is 11.7 Å². The van der Waals surface area contributed by atoms with Crippen LogP contribution in [-0.2, 0) is 23.8 Å². The van der Waals surface area contributed by atoms with E-state index in [1.807, 2.05) is 6.07 Å². The molecule has 32 heavy (non-hydrogen) atoms. The number of benzene rings is 2. The van der Waals surface area contributed by atoms with Gasteiger partial charge in [-0.15, -0.1) is 0 Å². The van der Waals surface area contributed by atoms with Crippen LogP contribution in [0.4, 0.5) is 23.7 Å². The number of alkyl halides is 3. The topological polar surface area (TPSA) is 83.2 Å². The molecule has 168 valence electrons. The van der Waals surface area contributed by atoms with Gasteiger partial charge in [0.1, 0.15) is 0 Å². The molecule has 0 saturated heterocycles. The Balaban J connectivity index is 1.51. The fourth-order valence-corrected chi connectivity index (χ4v) is 4.28. The predicted octanol–water partition coefficient (Wildman–Crippen LogP) is 5.31. The second-order valence-electron chi connectivity index (χ2n) is 7.53. The highest BCUT2D eigenvalue weighted by Crippen LogP contribution is 2.36. The number of rotatable bonds is 3. The van der Waals surface area contributed by atoms with Crippen molar-refractivity contribution in [1.29, 1.82) is 0 Å². The maximum absolute atomic E-state index is 13.0. The van der Waals surface area contributed by atoms with Crippen molar-refractivity contribution in [2.75, 3.05) is 12.4 Å². The van der Waals surface area contributed by atoms with Crippen LogP contribution in [0.25, 0.3) is 10.9 Å². The Kier molecular flexibility index (Phi) is 5.77. The number of esters is 1. The molecule has 6 nitrogen and oxygen atoms in total. The third-order valence-electron chi connectivity index (χ3n) is 5.48. The molecule has 0 radical (unpaired) electrons. The van der Waals surface area contributed by atoms with Gasteiger partial charge < -0.3 is 20.4 Å². The van der Waals surface area contributed by atoms with Gasteiger partial charge >= 0.3 is 18.2 Å². The number of halogens is 4. The van der Waals surface area contributed by atoms with Crippen LogP contribution < -0.4 is 10.6 Å². The van der Waals surface area contributed by atoms with Crippen LogP contribution >= 0.6 is 11.6 Å². The van der Waals surface area contributed by atoms with E-state index in [0.717, 1.165) is 34.3 Å². The van der Waals surface area contributed by atoms with E-state index in [4.69, 9.17) is 16.3 Å². The monoisotopic (exact) mass is 465 g/mol. The Hall–Kier alpha value is -3.20. The average Bonchev–Trinajstić information content (AvgIpc) is 3.11. The van der Waals surface area contributed by atoms with Gasteiger partial charge in [0.15, 0.2) is 0 Å². The first kappa shape index (κ1) is 22.0. The van der Waals surface area contributed by atoms with Crippen LogP contribution in [0.1, 0.15) is 33.6 Å². The molecule has 0 fully saturated rings. The zero-order valence-electron chi connectivity index (χ0n) is 16.9. The van der Waals surface area contributed by atoms with E-state index in [2.05, 4.69) is 15.6 Å². The van der Waals surface area contributed by atoms with Crippen molar-refractivity contribution < 1.29 is 27.5 Å². The highest BCUT2D eigenvalue weighted by Gasteiger charge is 2.33. The van der Waals surface area contributed by atoms with Gasteiger partial charge in [0.2, 0.25) is 0 Å². The van der Waals surface area contributed by atoms with Gasteiger partial charge in [-0.3, -0.25) is 0 Å². The molecule has 10 heteroatoms. The summed E-state index contributed by atoms with van der Waals surface area (Å²) in [4.78, 5) is 28.0. The molecule has 3 N–H and O–H groups in total. The van der Waals surface area contributed by atoms with Gasteiger partial charge in [-0.2, -0.15) is 13.2 Å². The van der Waals surface area contributed by atoms with Crippen LogP contribution in [0.3, 0.4) is 0 Å². The summed E-state index contributed by atoms with van der Waals surface area (Å²) in [6.45, 7) is 0. The highest BCUT2D eigenvalue weighted by atomic mass is 35.5. The molecule has 2 aromatic carbocycles. The lowest BCUT2D eigenvalue weighted by Gasteiger charge is -2.24. The van der Waals surface area contributed by atoms with Gasteiger partial charge in [-0.25, -0.2) is 9.59 Å². The van der Waals surface area contributed by atoms with Crippen LogP contribution in [0.2, 0.25) is 5.02 Å². The average molecular weight is 466 g/mol. The first-order valence-corrected chi connectivity index (χ1v) is 10.2. The second kappa shape index (κ2) is 8.38. The molecule has 1 aromatic heterocycles. The number of aromatic amines is 1. The van der Waals surface area contributed by atoms with E-state index >= 15 is 0 Å². The van der Waals surface area contributed by atoms with Crippen LogP contribution in [0.5, 0.6) is 0 Å². The zero-order chi connectivity index (χ0) is 23.0. The molecule has 0 spiro atoms. The molecule has 0 aliphatic heterocycles. The quantitative estimate of drug-likeness (QED) is 0.459. The Morgan fingerprint density at radius 1 is 1.22 bits per heavy atom. The van der Waals surface area contributed by atoms with Crippen LogP contribution in [-0.4, -0.2) is 30.1 Å². The Morgan fingerprint density at radius 2 is 2.00 bits per heavy atom. The van der Waals surface area contributed by atoms with Crippen molar-refractivity contribution in [2.24, 2.45) is 0 Å². The number of carbonyl (C=O) groups excluding carboxylic acids is 2. The van der Waals surface area contributed by atoms with Crippen molar-refractivity contribution in [3.63, 3.8) is 0 Å². The fraction of sp³-hybridized carbons (Fsp3) is 0.273. The Labute approximate surface area is 186 Å². The number of anilines is 1. The summed E-state index contributed by atoms with van der Waals surface area (Å²) in [6.07, 6.45) is -2.88. The third-order valence-corrected chi connectivity index (χ3v) is 5.81. The van der Waals surface area contributed by atoms with Crippen LogP contribution in [0.15, 0.2) is 36.4 Å². The van der Waals surface area contributed by atoms with E-state index < -0.39 is 28.8 Å². The Bertz CT molecular complexity index is 1210. The molecule has 1 unspecified atom stereocenters. The molecular formula is C22H19ClF3N3O3. The number of urea groups is 1. The maximum atomic E-state index is 13.0. The third kappa shape index (κ3) is 4.25. The number of amides is 2. The molecule has 2 amide bonds. The number of fused-ring (bicyclic) bond motifs is 3. The van der Waals surface area contributed by atoms with Crippen molar-refractivity contribution >= 4 is 40.2 Å². The molecule has 1 aliphatic carbocycles. The fourth-order valence-electron chi connectivity index (χ4n) is 4.05. The lowest BCUT2D eigenvalue weighted by molar-refractivity contribution is -0.137. The van der Waals surface area contributed by atoms with E-state index in [1.54, 1.807) is 12.1 Å². The standard InChI is InChI=1S/C22H19ClF3N3O3/c1-32-20(30)13-3-2-4-18-19(13)14-9-11(6-8-17(14)29-18)27-21(31)28-12-5-7-16(23)15(10-12)22(24,25)26/h2-5,7,10-11,29H,6,8-9H2,1H3,(H2,27,28,31). The molecule has 3 aromatic rings. The van der Waals surface area contributed by atoms with Crippen LogP contribution in [0, 0.1) is 0 Å². The maximum Gasteiger partial charge on any atom is 0.417 e. The van der Waals surface area contributed by atoms with Gasteiger partial charge in [0.25, 0.3) is 0 Å². The van der Waals surface area contributed by atoms with E-state index in [1.165, 1.54) is 13.2 Å². The summed E-state index contributed by atoms with van der Waals surface area (Å²) in [5, 5.41) is 5.55. The number of ether oxygens (including phenoxy) is 1. The van der Waals surface area contributed by atoms with Gasteiger partial charge in [0.05, 0.1) is 23.3 Å². The van der Waals surface area contributed by atoms with Crippen molar-refractivity contribution in [3.8, 4) is 0 Å². The predicted molar refractivity (Wildman–Crippen MR) is 114 cm³/mol. The second-order valence-corrected chi connectivity index (χ2v) is 7.94. The first-order chi connectivity index (χ1) is 15.2. The molecular weight excluding hydrogens is 447 g/mol. The summed E-state index contributed by atoms with van der Waals surface area (Å²) in [7, 11) is 1.32. The summed E-state index contributed by atoms with van der Waals surface area (Å²) in [5.41, 5.74) is 2.12. The van der Waals surface area contributed by atoms with Gasteiger partial charge in [-0.1, -0.05) is 17.7 Å². The SMILES string of the molecule is COC(=O)c1cccc2[nH]c3c(c12)CC(NC(=O)Nc1ccc(Cl)c(C(F)(F)F)c1)CC3. The molecule has 1 heterocycles. The number of methoxy groups -OCH3 is 1. The number of aromatic nitrogens is 1. The van der Waals surface area contributed by atoms with Crippen molar-refractivity contribution in [2.45, 2.75) is 31.5 Å². The van der Waals surface area contributed by atoms with E-state index in [9.17, 15) is 22.8 Å². The number of nitrogens with one attached hydrogen (secondary N) is 3. The number of H-pyrrole nitrogens is 1. The minimum Gasteiger partial charge on any atom is -0.465 e. The normalized spacial score (nSPS) is 15.8. The summed E-state index contributed by atoms with van der Waals surface area (Å²) in [5.74, 6) is -0.451. The smallest absolute Gasteiger partial charge is 0.417 e.